The second-order valence-electron chi connectivity index (χ2n) is 6.72. The zero-order valence-corrected chi connectivity index (χ0v) is 19.5. The van der Waals surface area contributed by atoms with Crippen LogP contribution in [0.25, 0.3) is 0 Å². The second-order valence-corrected chi connectivity index (χ2v) is 9.48. The molecule has 34 heavy (non-hydrogen) atoms. The van der Waals surface area contributed by atoms with E-state index in [9.17, 15) is 35.5 Å². The van der Waals surface area contributed by atoms with Crippen molar-refractivity contribution in [2.75, 3.05) is 14.2 Å². The summed E-state index contributed by atoms with van der Waals surface area (Å²) in [6.07, 6.45) is -3.02. The van der Waals surface area contributed by atoms with Crippen LogP contribution in [0.2, 0.25) is 0 Å². The Morgan fingerprint density at radius 3 is 1.21 bits per heavy atom. The number of ether oxygens (including phenoxy) is 4. The number of rotatable bonds is 11. The van der Waals surface area contributed by atoms with Gasteiger partial charge in [0.2, 0.25) is 0 Å². The first-order valence-corrected chi connectivity index (χ1v) is 12.2. The predicted octanol–water partition coefficient (Wildman–Crippen LogP) is 0.311. The Kier molecular flexibility index (Phi) is 9.26. The summed E-state index contributed by atoms with van der Waals surface area (Å²) in [4.78, 5) is 24.0. The molecule has 2 aromatic carbocycles. The molecule has 0 aliphatic rings. The summed E-state index contributed by atoms with van der Waals surface area (Å²) in [6.45, 7) is -0.614. The van der Waals surface area contributed by atoms with Gasteiger partial charge in [-0.1, -0.05) is 24.3 Å². The van der Waals surface area contributed by atoms with Crippen molar-refractivity contribution in [2.24, 2.45) is 0 Å². The Morgan fingerprint density at radius 2 is 0.971 bits per heavy atom. The molecule has 0 unspecified atom stereocenters. The van der Waals surface area contributed by atoms with Crippen LogP contribution in [0.15, 0.2) is 58.3 Å². The number of esters is 2. The fourth-order valence-corrected chi connectivity index (χ4v) is 3.60. The number of benzene rings is 2. The molecule has 0 saturated carbocycles. The first-order valence-electron chi connectivity index (χ1n) is 9.35. The van der Waals surface area contributed by atoms with E-state index in [2.05, 4.69) is 0 Å². The topological polar surface area (TPSA) is 185 Å². The number of hydrogen-bond donors (Lipinski definition) is 0. The van der Waals surface area contributed by atoms with Gasteiger partial charge in [-0.05, 0) is 35.4 Å². The molecule has 2 aromatic rings. The van der Waals surface area contributed by atoms with Crippen molar-refractivity contribution >= 4 is 32.2 Å². The van der Waals surface area contributed by atoms with E-state index in [1.807, 2.05) is 0 Å². The van der Waals surface area contributed by atoms with E-state index in [0.29, 0.717) is 11.1 Å². The monoisotopic (exact) mass is 516 g/mol. The highest BCUT2D eigenvalue weighted by molar-refractivity contribution is 7.86. The first kappa shape index (κ1) is 27.4. The minimum absolute atomic E-state index is 0.307. The van der Waals surface area contributed by atoms with Crippen molar-refractivity contribution in [3.8, 4) is 0 Å². The lowest BCUT2D eigenvalue weighted by Crippen LogP contribution is -2.44. The van der Waals surface area contributed by atoms with E-state index >= 15 is 0 Å². The molecule has 14 heteroatoms. The van der Waals surface area contributed by atoms with Crippen molar-refractivity contribution in [1.82, 2.24) is 0 Å². The van der Waals surface area contributed by atoms with Crippen LogP contribution in [-0.4, -0.2) is 64.3 Å². The smallest absolute Gasteiger partial charge is 0.338 e. The fraction of sp³-hybridized carbons (Fsp3) is 0.300. The predicted molar refractivity (Wildman–Crippen MR) is 110 cm³/mol. The molecule has 0 fully saturated rings. The molecule has 0 spiro atoms. The maximum atomic E-state index is 12.4. The summed E-state index contributed by atoms with van der Waals surface area (Å²) in [7, 11) is -6.95. The fourth-order valence-electron chi connectivity index (χ4n) is 2.66. The minimum Gasteiger partial charge on any atom is -0.744 e. The molecule has 0 saturated heterocycles. The van der Waals surface area contributed by atoms with Gasteiger partial charge in [0, 0.05) is 14.2 Å². The van der Waals surface area contributed by atoms with Crippen LogP contribution in [0.4, 0.5) is 0 Å². The molecule has 0 aromatic heterocycles. The third-order valence-corrected chi connectivity index (χ3v) is 6.13. The Labute approximate surface area is 195 Å². The summed E-state index contributed by atoms with van der Waals surface area (Å²) >= 11 is 0. The highest BCUT2D eigenvalue weighted by Crippen LogP contribution is 2.15. The zero-order valence-electron chi connectivity index (χ0n) is 17.9. The SMILES string of the molecule is CO[C@@H](C(=O)OCc1ccc(S(=O)(=O)[O-])cc1)[C@@H](OC)C(=O)OCc1ccc(S(=O)(=O)[O-])cc1. The number of methoxy groups -OCH3 is 2. The van der Waals surface area contributed by atoms with Gasteiger partial charge in [-0.25, -0.2) is 26.4 Å². The number of hydrogen-bond acceptors (Lipinski definition) is 12. The van der Waals surface area contributed by atoms with Gasteiger partial charge in [-0.3, -0.25) is 0 Å². The third kappa shape index (κ3) is 7.58. The van der Waals surface area contributed by atoms with Gasteiger partial charge in [0.05, 0.1) is 9.79 Å². The Balaban J connectivity index is 1.98. The van der Waals surface area contributed by atoms with Crippen molar-refractivity contribution in [3.05, 3.63) is 59.7 Å². The molecule has 186 valence electrons. The van der Waals surface area contributed by atoms with Gasteiger partial charge in [0.25, 0.3) is 0 Å². The molecule has 12 nitrogen and oxygen atoms in total. The van der Waals surface area contributed by atoms with E-state index in [1.54, 1.807) is 0 Å². The van der Waals surface area contributed by atoms with E-state index in [1.165, 1.54) is 24.3 Å². The molecule has 0 amide bonds. The largest absolute Gasteiger partial charge is 0.744 e. The zero-order chi connectivity index (χ0) is 25.5. The quantitative estimate of drug-likeness (QED) is 0.294. The maximum Gasteiger partial charge on any atom is 0.338 e. The van der Waals surface area contributed by atoms with Crippen molar-refractivity contribution in [1.29, 1.82) is 0 Å². The average molecular weight is 517 g/mol. The minimum atomic E-state index is -4.61. The Morgan fingerprint density at radius 1 is 0.676 bits per heavy atom. The van der Waals surface area contributed by atoms with Gasteiger partial charge in [-0.15, -0.1) is 0 Å². The van der Waals surface area contributed by atoms with Crippen LogP contribution in [0.3, 0.4) is 0 Å². The lowest BCUT2D eigenvalue weighted by Gasteiger charge is -2.22. The Bertz CT molecular complexity index is 1110. The highest BCUT2D eigenvalue weighted by atomic mass is 32.2. The molecule has 0 heterocycles. The maximum absolute atomic E-state index is 12.4. The van der Waals surface area contributed by atoms with Crippen molar-refractivity contribution in [2.45, 2.75) is 35.2 Å². The van der Waals surface area contributed by atoms with Crippen molar-refractivity contribution < 1.29 is 54.5 Å². The van der Waals surface area contributed by atoms with Crippen LogP contribution >= 0.6 is 0 Å². The van der Waals surface area contributed by atoms with Crippen LogP contribution in [-0.2, 0) is 62.0 Å². The van der Waals surface area contributed by atoms with E-state index < -0.39 is 54.2 Å². The van der Waals surface area contributed by atoms with Crippen LogP contribution in [0, 0.1) is 0 Å². The average Bonchev–Trinajstić information content (AvgIpc) is 2.78. The van der Waals surface area contributed by atoms with E-state index in [4.69, 9.17) is 18.9 Å². The Hall–Kier alpha value is -2.88. The number of carbonyl (C=O) groups is 2. The summed E-state index contributed by atoms with van der Waals surface area (Å²) in [5, 5.41) is 0. The third-order valence-electron chi connectivity index (χ3n) is 4.43. The van der Waals surface area contributed by atoms with E-state index in [0.717, 1.165) is 38.5 Å². The number of carbonyl (C=O) groups excluding carboxylic acids is 2. The molecule has 0 aliphatic heterocycles. The van der Waals surface area contributed by atoms with Crippen LogP contribution in [0.5, 0.6) is 0 Å². The van der Waals surface area contributed by atoms with Gasteiger partial charge < -0.3 is 28.1 Å². The standard InChI is InChI=1S/C20H22O12S2/c1-29-17(19(21)31-11-13-3-7-15(8-4-13)33(23,24)25)18(30-2)20(22)32-12-14-5-9-16(10-6-14)34(26,27)28/h3-10,17-18H,11-12H2,1-2H3,(H,23,24,25)(H,26,27,28)/p-2/t17-,18-/m1/s1. The normalized spacial score (nSPS) is 13.6. The second kappa shape index (κ2) is 11.5. The van der Waals surface area contributed by atoms with Gasteiger partial charge >= 0.3 is 11.9 Å². The summed E-state index contributed by atoms with van der Waals surface area (Å²) in [5.74, 6) is -1.95. The van der Waals surface area contributed by atoms with Gasteiger partial charge in [-0.2, -0.15) is 0 Å². The lowest BCUT2D eigenvalue weighted by atomic mass is 10.2. The molecule has 0 bridgehead atoms. The van der Waals surface area contributed by atoms with Crippen molar-refractivity contribution in [3.63, 3.8) is 0 Å². The molecular weight excluding hydrogens is 496 g/mol. The van der Waals surface area contributed by atoms with Crippen LogP contribution < -0.4 is 0 Å². The summed E-state index contributed by atoms with van der Waals surface area (Å²) < 4.78 is 85.9. The summed E-state index contributed by atoms with van der Waals surface area (Å²) in [6, 6.07) is 9.38. The van der Waals surface area contributed by atoms with Gasteiger partial charge in [0.15, 0.2) is 12.2 Å². The molecule has 2 rings (SSSR count). The molecule has 0 aliphatic carbocycles. The lowest BCUT2D eigenvalue weighted by molar-refractivity contribution is -0.179. The first-order chi connectivity index (χ1) is 15.9. The molecular formula is C20H20O12S2-2. The molecule has 0 radical (unpaired) electrons. The van der Waals surface area contributed by atoms with E-state index in [-0.39, 0.29) is 13.2 Å². The van der Waals surface area contributed by atoms with Gasteiger partial charge in [0.1, 0.15) is 33.5 Å². The summed E-state index contributed by atoms with van der Waals surface area (Å²) in [5.41, 5.74) is 0.742. The molecule has 2 atom stereocenters. The highest BCUT2D eigenvalue weighted by Gasteiger charge is 2.36. The molecule has 0 N–H and O–H groups in total. The van der Waals surface area contributed by atoms with Crippen LogP contribution in [0.1, 0.15) is 11.1 Å².